The molecular weight excluding hydrogens is 224 g/mol. The van der Waals surface area contributed by atoms with Gasteiger partial charge in [0.2, 0.25) is 0 Å². The van der Waals surface area contributed by atoms with Crippen LogP contribution in [0, 0.1) is 10.1 Å². The summed E-state index contributed by atoms with van der Waals surface area (Å²) in [5, 5.41) is 12.5. The van der Waals surface area contributed by atoms with Gasteiger partial charge in [-0.05, 0) is 6.07 Å². The van der Waals surface area contributed by atoms with Gasteiger partial charge in [-0.2, -0.15) is 0 Å². The minimum absolute atomic E-state index is 0.129. The fourth-order valence-corrected chi connectivity index (χ4v) is 1.64. The number of halogens is 1. The lowest BCUT2D eigenvalue weighted by atomic mass is 10.1. The maximum Gasteiger partial charge on any atom is 0.296 e. The Kier molecular flexibility index (Phi) is 1.94. The highest BCUT2D eigenvalue weighted by molar-refractivity contribution is 6.55. The van der Waals surface area contributed by atoms with Gasteiger partial charge in [0.05, 0.1) is 16.2 Å². The Morgan fingerprint density at radius 3 is 2.60 bits per heavy atom. The highest BCUT2D eigenvalue weighted by Gasteiger charge is 2.33. The first kappa shape index (κ1) is 9.60. The molecule has 0 atom stereocenters. The first-order valence-corrected chi connectivity index (χ1v) is 4.22. The van der Waals surface area contributed by atoms with Gasteiger partial charge >= 0.3 is 0 Å². The second-order valence-electron chi connectivity index (χ2n) is 2.86. The Labute approximate surface area is 88.0 Å². The summed E-state index contributed by atoms with van der Waals surface area (Å²) in [4.78, 5) is 32.1. The highest BCUT2D eigenvalue weighted by Crippen LogP contribution is 2.36. The molecule has 0 saturated heterocycles. The molecule has 0 unspecified atom stereocenters. The number of anilines is 1. The number of hydrogen-bond acceptors (Lipinski definition) is 4. The molecule has 15 heavy (non-hydrogen) atoms. The lowest BCUT2D eigenvalue weighted by molar-refractivity contribution is -0.384. The molecule has 1 aliphatic heterocycles. The number of nitro groups is 1. The number of rotatable bonds is 1. The maximum atomic E-state index is 11.3. The lowest BCUT2D eigenvalue weighted by Gasteiger charge is -1.99. The second kappa shape index (κ2) is 3.03. The van der Waals surface area contributed by atoms with Crippen LogP contribution >= 0.6 is 11.6 Å². The van der Waals surface area contributed by atoms with Crippen LogP contribution in [0.2, 0.25) is 5.02 Å². The van der Waals surface area contributed by atoms with Crippen LogP contribution in [0.4, 0.5) is 11.4 Å². The molecule has 0 spiro atoms. The van der Waals surface area contributed by atoms with Crippen LogP contribution in [-0.4, -0.2) is 16.6 Å². The Bertz CT molecular complexity index is 512. The van der Waals surface area contributed by atoms with Crippen molar-refractivity contribution in [1.29, 1.82) is 0 Å². The van der Waals surface area contributed by atoms with E-state index in [4.69, 9.17) is 11.6 Å². The van der Waals surface area contributed by atoms with Crippen molar-refractivity contribution in [2.75, 3.05) is 5.32 Å². The first-order chi connectivity index (χ1) is 7.02. The van der Waals surface area contributed by atoms with E-state index in [1.54, 1.807) is 0 Å². The molecule has 0 bridgehead atoms. The summed E-state index contributed by atoms with van der Waals surface area (Å²) in [6, 6.07) is 2.42. The largest absolute Gasteiger partial charge is 0.318 e. The molecule has 0 fully saturated rings. The number of carbonyl (C=O) groups excluding carboxylic acids is 2. The third kappa shape index (κ3) is 1.26. The van der Waals surface area contributed by atoms with Gasteiger partial charge in [0, 0.05) is 6.07 Å². The molecule has 0 aromatic heterocycles. The van der Waals surface area contributed by atoms with Crippen molar-refractivity contribution in [3.05, 3.63) is 32.8 Å². The molecule has 1 aromatic carbocycles. The number of nitrogens with zero attached hydrogens (tertiary/aromatic N) is 1. The quantitative estimate of drug-likeness (QED) is 0.445. The molecule has 76 valence electrons. The summed E-state index contributed by atoms with van der Waals surface area (Å²) in [5.41, 5.74) is -0.309. The van der Waals surface area contributed by atoms with E-state index in [2.05, 4.69) is 5.32 Å². The summed E-state index contributed by atoms with van der Waals surface area (Å²) < 4.78 is 0. The average Bonchev–Trinajstić information content (AvgIpc) is 2.43. The maximum absolute atomic E-state index is 11.3. The molecule has 1 heterocycles. The van der Waals surface area contributed by atoms with Gasteiger partial charge in [0.25, 0.3) is 17.4 Å². The molecule has 0 aliphatic carbocycles. The Balaban J connectivity index is 2.70. The molecule has 1 N–H and O–H groups in total. The number of nitrogens with one attached hydrogen (secondary N) is 1. The van der Waals surface area contributed by atoms with E-state index < -0.39 is 16.6 Å². The molecule has 2 rings (SSSR count). The molecule has 7 heteroatoms. The van der Waals surface area contributed by atoms with Crippen LogP contribution < -0.4 is 5.32 Å². The summed E-state index contributed by atoms with van der Waals surface area (Å²) in [5.74, 6) is -1.67. The van der Waals surface area contributed by atoms with Gasteiger partial charge in [-0.1, -0.05) is 11.6 Å². The molecule has 0 saturated carbocycles. The van der Waals surface area contributed by atoms with Gasteiger partial charge in [-0.3, -0.25) is 19.7 Å². The highest BCUT2D eigenvalue weighted by atomic mass is 35.5. The topological polar surface area (TPSA) is 89.3 Å². The summed E-state index contributed by atoms with van der Waals surface area (Å²) >= 11 is 5.65. The number of benzene rings is 1. The fourth-order valence-electron chi connectivity index (χ4n) is 1.32. The normalized spacial score (nSPS) is 13.7. The third-order valence-electron chi connectivity index (χ3n) is 2.00. The van der Waals surface area contributed by atoms with E-state index in [1.165, 1.54) is 6.07 Å². The van der Waals surface area contributed by atoms with Gasteiger partial charge in [0.15, 0.2) is 0 Å². The Hall–Kier alpha value is -1.95. The van der Waals surface area contributed by atoms with Crippen molar-refractivity contribution in [3.63, 3.8) is 0 Å². The van der Waals surface area contributed by atoms with Crippen molar-refractivity contribution in [1.82, 2.24) is 0 Å². The average molecular weight is 227 g/mol. The molecular formula is C8H3ClN2O4. The van der Waals surface area contributed by atoms with Gasteiger partial charge in [0.1, 0.15) is 5.02 Å². The summed E-state index contributed by atoms with van der Waals surface area (Å²) in [6.07, 6.45) is 0. The number of fused-ring (bicyclic) bond motifs is 1. The van der Waals surface area contributed by atoms with E-state index in [1.807, 2.05) is 0 Å². The number of carbonyl (C=O) groups is 2. The zero-order valence-electron chi connectivity index (χ0n) is 7.11. The molecule has 1 aromatic rings. The van der Waals surface area contributed by atoms with E-state index in [-0.39, 0.29) is 22.0 Å². The molecule has 0 radical (unpaired) electrons. The third-order valence-corrected chi connectivity index (χ3v) is 2.38. The fraction of sp³-hybridized carbons (Fsp3) is 0. The van der Waals surface area contributed by atoms with E-state index in [0.717, 1.165) is 6.07 Å². The van der Waals surface area contributed by atoms with Crippen molar-refractivity contribution in [2.45, 2.75) is 0 Å². The minimum Gasteiger partial charge on any atom is -0.318 e. The van der Waals surface area contributed by atoms with E-state index in [9.17, 15) is 19.7 Å². The lowest BCUT2D eigenvalue weighted by Crippen LogP contribution is -2.12. The van der Waals surface area contributed by atoms with Crippen LogP contribution in [0.5, 0.6) is 0 Å². The smallest absolute Gasteiger partial charge is 0.296 e. The SMILES string of the molecule is O=C1Nc2ccc([N+](=O)[O-])c(Cl)c2C1=O. The van der Waals surface area contributed by atoms with E-state index in [0.29, 0.717) is 0 Å². The van der Waals surface area contributed by atoms with Gasteiger partial charge < -0.3 is 5.32 Å². The first-order valence-electron chi connectivity index (χ1n) is 3.85. The van der Waals surface area contributed by atoms with Crippen LogP contribution in [0.25, 0.3) is 0 Å². The molecule has 1 amide bonds. The van der Waals surface area contributed by atoms with Crippen LogP contribution in [0.1, 0.15) is 10.4 Å². The minimum atomic E-state index is -0.848. The van der Waals surface area contributed by atoms with Crippen molar-refractivity contribution < 1.29 is 14.5 Å². The number of hydrogen-bond donors (Lipinski definition) is 1. The number of amides is 1. The van der Waals surface area contributed by atoms with Crippen molar-refractivity contribution in [2.24, 2.45) is 0 Å². The zero-order chi connectivity index (χ0) is 11.2. The predicted octanol–water partition coefficient (Wildman–Crippen LogP) is 1.38. The Morgan fingerprint density at radius 2 is 2.00 bits per heavy atom. The second-order valence-corrected chi connectivity index (χ2v) is 3.24. The standard InChI is InChI=1S/C8H3ClN2O4/c9-6-4(11(14)15)2-1-3-5(6)7(12)8(13)10-3/h1-2H,(H,10,12,13). The van der Waals surface area contributed by atoms with Crippen LogP contribution in [0.3, 0.4) is 0 Å². The van der Waals surface area contributed by atoms with Crippen LogP contribution in [-0.2, 0) is 4.79 Å². The van der Waals surface area contributed by atoms with Crippen molar-refractivity contribution in [3.8, 4) is 0 Å². The van der Waals surface area contributed by atoms with E-state index >= 15 is 0 Å². The number of ketones is 1. The van der Waals surface area contributed by atoms with Gasteiger partial charge in [-0.25, -0.2) is 0 Å². The molecule has 1 aliphatic rings. The summed E-state index contributed by atoms with van der Waals surface area (Å²) in [7, 11) is 0. The number of nitro benzene ring substituents is 1. The van der Waals surface area contributed by atoms with Gasteiger partial charge in [-0.15, -0.1) is 0 Å². The Morgan fingerprint density at radius 1 is 1.33 bits per heavy atom. The molecule has 6 nitrogen and oxygen atoms in total. The summed E-state index contributed by atoms with van der Waals surface area (Å²) in [6.45, 7) is 0. The van der Waals surface area contributed by atoms with Crippen LogP contribution in [0.15, 0.2) is 12.1 Å². The number of Topliss-reactive ketones (excluding diaryl/α,β-unsaturated/α-hetero) is 1. The predicted molar refractivity (Wildman–Crippen MR) is 51.1 cm³/mol. The zero-order valence-corrected chi connectivity index (χ0v) is 7.87. The van der Waals surface area contributed by atoms with Crippen molar-refractivity contribution >= 4 is 34.7 Å². The monoisotopic (exact) mass is 226 g/mol.